The van der Waals surface area contributed by atoms with E-state index in [1.807, 2.05) is 0 Å². The number of rotatable bonds is 5. The molecule has 3 unspecified atom stereocenters. The number of ether oxygens (including phenoxy) is 1. The average molecular weight is 277 g/mol. The van der Waals surface area contributed by atoms with E-state index in [0.29, 0.717) is 18.1 Å². The maximum atomic E-state index is 9.70. The van der Waals surface area contributed by atoms with Gasteiger partial charge in [-0.2, -0.15) is 5.26 Å². The van der Waals surface area contributed by atoms with Crippen LogP contribution in [0.4, 0.5) is 0 Å². The molecule has 4 heteroatoms. The van der Waals surface area contributed by atoms with Gasteiger partial charge in [0.2, 0.25) is 0 Å². The second kappa shape index (κ2) is 6.01. The van der Waals surface area contributed by atoms with Crippen LogP contribution in [0.5, 0.6) is 0 Å². The first kappa shape index (κ1) is 14.3. The Labute approximate surface area is 122 Å². The molecule has 3 fully saturated rings. The SMILES string of the molecule is CC1CN(CCC2CCCC2(C#N)NC2CC2)CCO1. The fourth-order valence-corrected chi connectivity index (χ4v) is 3.86. The number of nitrogens with zero attached hydrogens (tertiary/aromatic N) is 2. The van der Waals surface area contributed by atoms with Crippen LogP contribution in [-0.2, 0) is 4.74 Å². The summed E-state index contributed by atoms with van der Waals surface area (Å²) in [4.78, 5) is 2.51. The van der Waals surface area contributed by atoms with Gasteiger partial charge in [-0.3, -0.25) is 10.2 Å². The zero-order chi connectivity index (χ0) is 14.0. The van der Waals surface area contributed by atoms with Crippen LogP contribution in [0.25, 0.3) is 0 Å². The van der Waals surface area contributed by atoms with Gasteiger partial charge in [-0.05, 0) is 51.5 Å². The summed E-state index contributed by atoms with van der Waals surface area (Å²) >= 11 is 0. The maximum absolute atomic E-state index is 9.70. The summed E-state index contributed by atoms with van der Waals surface area (Å²) in [6.45, 7) is 6.22. The van der Waals surface area contributed by atoms with Crippen LogP contribution in [0.3, 0.4) is 0 Å². The van der Waals surface area contributed by atoms with E-state index >= 15 is 0 Å². The molecule has 0 aromatic carbocycles. The van der Waals surface area contributed by atoms with E-state index in [4.69, 9.17) is 4.74 Å². The smallest absolute Gasteiger partial charge is 0.109 e. The first-order valence-electron chi connectivity index (χ1n) is 8.25. The predicted molar refractivity (Wildman–Crippen MR) is 78.3 cm³/mol. The van der Waals surface area contributed by atoms with Gasteiger partial charge in [-0.1, -0.05) is 6.42 Å². The highest BCUT2D eigenvalue weighted by molar-refractivity contribution is 5.16. The van der Waals surface area contributed by atoms with E-state index in [0.717, 1.165) is 39.1 Å². The summed E-state index contributed by atoms with van der Waals surface area (Å²) in [7, 11) is 0. The Morgan fingerprint density at radius 1 is 1.40 bits per heavy atom. The van der Waals surface area contributed by atoms with E-state index in [-0.39, 0.29) is 5.54 Å². The summed E-state index contributed by atoms with van der Waals surface area (Å²) in [5.74, 6) is 0.534. The zero-order valence-electron chi connectivity index (χ0n) is 12.6. The van der Waals surface area contributed by atoms with Crippen LogP contribution in [0.2, 0.25) is 0 Å². The topological polar surface area (TPSA) is 48.3 Å². The van der Waals surface area contributed by atoms with Gasteiger partial charge in [-0.25, -0.2) is 0 Å². The number of nitrogens with one attached hydrogen (secondary N) is 1. The molecular formula is C16H27N3O. The van der Waals surface area contributed by atoms with Crippen LogP contribution in [0.1, 0.15) is 45.4 Å². The van der Waals surface area contributed by atoms with E-state index in [2.05, 4.69) is 23.2 Å². The third-order valence-corrected chi connectivity index (χ3v) is 5.18. The number of hydrogen-bond donors (Lipinski definition) is 1. The molecule has 3 aliphatic rings. The molecule has 1 N–H and O–H groups in total. The predicted octanol–water partition coefficient (Wildman–Crippen LogP) is 1.91. The molecule has 0 aromatic heterocycles. The lowest BCUT2D eigenvalue weighted by Gasteiger charge is -2.34. The van der Waals surface area contributed by atoms with Crippen molar-refractivity contribution in [3.63, 3.8) is 0 Å². The molecule has 3 atom stereocenters. The standard InChI is InChI=1S/C16H27N3O/c1-13-11-19(9-10-20-13)8-6-14-3-2-7-16(14,12-17)18-15-4-5-15/h13-15,18H,2-11H2,1H3. The van der Waals surface area contributed by atoms with E-state index in [9.17, 15) is 5.26 Å². The average Bonchev–Trinajstić information content (AvgIpc) is 3.16. The van der Waals surface area contributed by atoms with Crippen LogP contribution in [0.15, 0.2) is 0 Å². The van der Waals surface area contributed by atoms with Crippen LogP contribution < -0.4 is 5.32 Å². The summed E-state index contributed by atoms with van der Waals surface area (Å²) in [6, 6.07) is 3.26. The number of hydrogen-bond acceptors (Lipinski definition) is 4. The highest BCUT2D eigenvalue weighted by Crippen LogP contribution is 2.40. The molecule has 112 valence electrons. The van der Waals surface area contributed by atoms with E-state index in [1.54, 1.807) is 0 Å². The third kappa shape index (κ3) is 3.16. The Morgan fingerprint density at radius 2 is 2.25 bits per heavy atom. The Balaban J connectivity index is 1.53. The minimum absolute atomic E-state index is 0.223. The van der Waals surface area contributed by atoms with E-state index < -0.39 is 0 Å². The van der Waals surface area contributed by atoms with Gasteiger partial charge >= 0.3 is 0 Å². The molecule has 0 radical (unpaired) electrons. The monoisotopic (exact) mass is 277 g/mol. The summed E-state index contributed by atoms with van der Waals surface area (Å²) in [5.41, 5.74) is -0.223. The Bertz CT molecular complexity index is 376. The van der Waals surface area contributed by atoms with Gasteiger partial charge in [0, 0.05) is 19.1 Å². The molecular weight excluding hydrogens is 250 g/mol. The summed E-state index contributed by atoms with van der Waals surface area (Å²) < 4.78 is 5.60. The van der Waals surface area contributed by atoms with Crippen molar-refractivity contribution in [1.82, 2.24) is 10.2 Å². The number of morpholine rings is 1. The minimum atomic E-state index is -0.223. The minimum Gasteiger partial charge on any atom is -0.376 e. The van der Waals surface area contributed by atoms with Gasteiger partial charge in [0.05, 0.1) is 18.8 Å². The van der Waals surface area contributed by atoms with Gasteiger partial charge in [0.1, 0.15) is 5.54 Å². The molecule has 1 heterocycles. The van der Waals surface area contributed by atoms with Gasteiger partial charge in [0.15, 0.2) is 0 Å². The highest BCUT2D eigenvalue weighted by atomic mass is 16.5. The Hall–Kier alpha value is -0.630. The van der Waals surface area contributed by atoms with Crippen molar-refractivity contribution in [2.45, 2.75) is 63.1 Å². The van der Waals surface area contributed by atoms with Crippen LogP contribution >= 0.6 is 0 Å². The normalized spacial score (nSPS) is 38.8. The molecule has 1 saturated heterocycles. The van der Waals surface area contributed by atoms with Gasteiger partial charge in [0.25, 0.3) is 0 Å². The summed E-state index contributed by atoms with van der Waals surface area (Å²) in [6.07, 6.45) is 7.50. The maximum Gasteiger partial charge on any atom is 0.109 e. The molecule has 1 aliphatic heterocycles. The second-order valence-corrected chi connectivity index (χ2v) is 6.86. The van der Waals surface area contributed by atoms with Crippen LogP contribution in [-0.4, -0.2) is 48.8 Å². The van der Waals surface area contributed by atoms with Crippen molar-refractivity contribution >= 4 is 0 Å². The van der Waals surface area contributed by atoms with E-state index in [1.165, 1.54) is 25.7 Å². The van der Waals surface area contributed by atoms with Crippen molar-refractivity contribution in [3.8, 4) is 6.07 Å². The molecule has 4 nitrogen and oxygen atoms in total. The molecule has 0 spiro atoms. The van der Waals surface area contributed by atoms with Crippen molar-refractivity contribution in [3.05, 3.63) is 0 Å². The molecule has 2 saturated carbocycles. The van der Waals surface area contributed by atoms with Gasteiger partial charge in [-0.15, -0.1) is 0 Å². The lowest BCUT2D eigenvalue weighted by Crippen LogP contribution is -2.49. The van der Waals surface area contributed by atoms with Crippen molar-refractivity contribution in [1.29, 1.82) is 5.26 Å². The number of nitriles is 1. The lowest BCUT2D eigenvalue weighted by atomic mass is 9.85. The molecule has 0 amide bonds. The Morgan fingerprint density at radius 3 is 2.95 bits per heavy atom. The highest BCUT2D eigenvalue weighted by Gasteiger charge is 2.45. The first-order valence-corrected chi connectivity index (χ1v) is 8.25. The zero-order valence-corrected chi connectivity index (χ0v) is 12.6. The van der Waals surface area contributed by atoms with Crippen LogP contribution in [0, 0.1) is 17.2 Å². The first-order chi connectivity index (χ1) is 9.72. The van der Waals surface area contributed by atoms with Crippen molar-refractivity contribution in [2.75, 3.05) is 26.2 Å². The molecule has 0 aromatic rings. The molecule has 3 rings (SSSR count). The molecule has 20 heavy (non-hydrogen) atoms. The lowest BCUT2D eigenvalue weighted by molar-refractivity contribution is -0.0202. The molecule has 0 bridgehead atoms. The Kier molecular flexibility index (Phi) is 4.30. The quantitative estimate of drug-likeness (QED) is 0.834. The fourth-order valence-electron chi connectivity index (χ4n) is 3.86. The summed E-state index contributed by atoms with van der Waals surface area (Å²) in [5, 5.41) is 13.4. The molecule has 2 aliphatic carbocycles. The second-order valence-electron chi connectivity index (χ2n) is 6.86. The van der Waals surface area contributed by atoms with Crippen molar-refractivity contribution in [2.24, 2.45) is 5.92 Å². The third-order valence-electron chi connectivity index (χ3n) is 5.18. The largest absolute Gasteiger partial charge is 0.376 e. The van der Waals surface area contributed by atoms with Crippen molar-refractivity contribution < 1.29 is 4.74 Å². The van der Waals surface area contributed by atoms with Gasteiger partial charge < -0.3 is 4.74 Å². The fraction of sp³-hybridized carbons (Fsp3) is 0.938.